The summed E-state index contributed by atoms with van der Waals surface area (Å²) in [5.74, 6) is 0.180. The van der Waals surface area contributed by atoms with E-state index in [2.05, 4.69) is 4.74 Å². The number of ether oxygens (including phenoxy) is 3. The largest absolute Gasteiger partial charge is 0.411 e. The Morgan fingerprint density at radius 1 is 1.43 bits per heavy atom. The van der Waals surface area contributed by atoms with Crippen LogP contribution < -0.4 is 0 Å². The van der Waals surface area contributed by atoms with Crippen LogP contribution in [0.2, 0.25) is 0 Å². The van der Waals surface area contributed by atoms with Gasteiger partial charge in [-0.3, -0.25) is 4.79 Å². The Hall–Kier alpha value is -0.660. The molecule has 4 nitrogen and oxygen atoms in total. The average Bonchev–Trinajstić information content (AvgIpc) is 3.12. The van der Waals surface area contributed by atoms with E-state index in [0.29, 0.717) is 19.4 Å². The van der Waals surface area contributed by atoms with Gasteiger partial charge in [-0.2, -0.15) is 13.2 Å². The quantitative estimate of drug-likeness (QED) is 0.558. The average molecular weight is 310 g/mol. The lowest BCUT2D eigenvalue weighted by molar-refractivity contribution is -0.178. The van der Waals surface area contributed by atoms with Crippen LogP contribution in [-0.4, -0.2) is 50.1 Å². The molecule has 1 aliphatic heterocycles. The molecular formula is C14H21F3O4. The van der Waals surface area contributed by atoms with E-state index in [1.165, 1.54) is 0 Å². The van der Waals surface area contributed by atoms with Crippen LogP contribution in [0.25, 0.3) is 0 Å². The van der Waals surface area contributed by atoms with E-state index in [1.54, 1.807) is 0 Å². The standard InChI is InChI=1S/C14H21F3O4/c1-9-6-13(7-21-13)11(5-12(9)18)10(2)20-4-3-19-8-14(15,16)17/h9-11H,3-8H2,1-2H3. The summed E-state index contributed by atoms with van der Waals surface area (Å²) < 4.78 is 51.3. The van der Waals surface area contributed by atoms with Crippen molar-refractivity contribution in [1.82, 2.24) is 0 Å². The summed E-state index contributed by atoms with van der Waals surface area (Å²) >= 11 is 0. The minimum absolute atomic E-state index is 0.00562. The second-order valence-corrected chi connectivity index (χ2v) is 5.98. The summed E-state index contributed by atoms with van der Waals surface area (Å²) in [6, 6.07) is 0. The van der Waals surface area contributed by atoms with Crippen LogP contribution in [0.4, 0.5) is 13.2 Å². The molecule has 1 saturated heterocycles. The zero-order valence-electron chi connectivity index (χ0n) is 12.2. The second-order valence-electron chi connectivity index (χ2n) is 5.98. The Morgan fingerprint density at radius 2 is 2.10 bits per heavy atom. The Morgan fingerprint density at radius 3 is 2.67 bits per heavy atom. The summed E-state index contributed by atoms with van der Waals surface area (Å²) in [7, 11) is 0. The van der Waals surface area contributed by atoms with Crippen LogP contribution in [0.5, 0.6) is 0 Å². The van der Waals surface area contributed by atoms with Gasteiger partial charge in [0.15, 0.2) is 0 Å². The summed E-state index contributed by atoms with van der Waals surface area (Å²) in [5.41, 5.74) is -0.264. The van der Waals surface area contributed by atoms with Gasteiger partial charge in [-0.15, -0.1) is 0 Å². The van der Waals surface area contributed by atoms with Gasteiger partial charge >= 0.3 is 6.18 Å². The maximum Gasteiger partial charge on any atom is 0.411 e. The van der Waals surface area contributed by atoms with Gasteiger partial charge in [0, 0.05) is 18.3 Å². The topological polar surface area (TPSA) is 48.1 Å². The lowest BCUT2D eigenvalue weighted by atomic mass is 9.72. The van der Waals surface area contributed by atoms with E-state index < -0.39 is 12.8 Å². The van der Waals surface area contributed by atoms with Crippen molar-refractivity contribution in [2.75, 3.05) is 26.4 Å². The third-order valence-electron chi connectivity index (χ3n) is 4.25. The van der Waals surface area contributed by atoms with Crippen molar-refractivity contribution in [3.8, 4) is 0 Å². The highest BCUT2D eigenvalue weighted by Crippen LogP contribution is 2.48. The molecule has 0 aromatic heterocycles. The van der Waals surface area contributed by atoms with Crippen LogP contribution in [-0.2, 0) is 19.0 Å². The smallest absolute Gasteiger partial charge is 0.376 e. The molecule has 1 heterocycles. The number of ketones is 1. The number of carbonyl (C=O) groups excluding carboxylic acids is 1. The molecule has 1 spiro atoms. The SMILES string of the molecule is CC1CC2(CO2)C(C(C)OCCOCC(F)(F)F)CC1=O. The van der Waals surface area contributed by atoms with Crippen molar-refractivity contribution >= 4 is 5.78 Å². The highest BCUT2D eigenvalue weighted by atomic mass is 19.4. The first-order chi connectivity index (χ1) is 9.73. The minimum atomic E-state index is -4.32. The number of Topliss-reactive ketones (excluding diaryl/α,β-unsaturated/α-hetero) is 1. The van der Waals surface area contributed by atoms with Gasteiger partial charge in [0.25, 0.3) is 0 Å². The van der Waals surface area contributed by atoms with Gasteiger partial charge in [-0.05, 0) is 13.3 Å². The zero-order chi connectivity index (χ0) is 15.7. The first kappa shape index (κ1) is 16.7. The third-order valence-corrected chi connectivity index (χ3v) is 4.25. The Balaban J connectivity index is 1.73. The third kappa shape index (κ3) is 4.40. The number of hydrogen-bond donors (Lipinski definition) is 0. The number of rotatable bonds is 6. The molecule has 0 aromatic rings. The van der Waals surface area contributed by atoms with E-state index >= 15 is 0 Å². The zero-order valence-corrected chi connectivity index (χ0v) is 12.2. The molecule has 0 amide bonds. The van der Waals surface area contributed by atoms with Gasteiger partial charge < -0.3 is 14.2 Å². The van der Waals surface area contributed by atoms with E-state index in [9.17, 15) is 18.0 Å². The lowest BCUT2D eigenvalue weighted by Gasteiger charge is -2.35. The van der Waals surface area contributed by atoms with Crippen LogP contribution in [0.1, 0.15) is 26.7 Å². The second kappa shape index (κ2) is 6.22. The predicted molar refractivity (Wildman–Crippen MR) is 67.9 cm³/mol. The molecule has 0 radical (unpaired) electrons. The van der Waals surface area contributed by atoms with Gasteiger partial charge in [-0.1, -0.05) is 6.92 Å². The van der Waals surface area contributed by atoms with E-state index in [4.69, 9.17) is 9.47 Å². The Kier molecular flexibility index (Phi) is 4.95. The first-order valence-corrected chi connectivity index (χ1v) is 7.16. The number of halogens is 3. The van der Waals surface area contributed by atoms with Crippen molar-refractivity contribution in [1.29, 1.82) is 0 Å². The minimum Gasteiger partial charge on any atom is -0.376 e. The van der Waals surface area contributed by atoms with Crippen molar-refractivity contribution in [3.05, 3.63) is 0 Å². The monoisotopic (exact) mass is 310 g/mol. The number of hydrogen-bond acceptors (Lipinski definition) is 4. The Bertz CT molecular complexity index is 379. The fourth-order valence-electron chi connectivity index (χ4n) is 3.00. The number of carbonyl (C=O) groups is 1. The molecule has 2 fully saturated rings. The summed E-state index contributed by atoms with van der Waals surface area (Å²) in [4.78, 5) is 11.9. The molecule has 2 aliphatic rings. The molecule has 4 atom stereocenters. The van der Waals surface area contributed by atoms with Gasteiger partial charge in [0.2, 0.25) is 0 Å². The highest BCUT2D eigenvalue weighted by Gasteiger charge is 2.57. The summed E-state index contributed by atoms with van der Waals surface area (Å²) in [6.07, 6.45) is -3.44. The predicted octanol–water partition coefficient (Wildman–Crippen LogP) is 2.35. The van der Waals surface area contributed by atoms with E-state index in [0.717, 1.165) is 0 Å². The molecule has 7 heteroatoms. The van der Waals surface area contributed by atoms with Crippen molar-refractivity contribution < 1.29 is 32.2 Å². The molecule has 4 unspecified atom stereocenters. The van der Waals surface area contributed by atoms with Crippen molar-refractivity contribution in [2.24, 2.45) is 11.8 Å². The van der Waals surface area contributed by atoms with Gasteiger partial charge in [0.1, 0.15) is 12.4 Å². The van der Waals surface area contributed by atoms with Crippen LogP contribution >= 0.6 is 0 Å². The van der Waals surface area contributed by atoms with Crippen LogP contribution in [0.3, 0.4) is 0 Å². The van der Waals surface area contributed by atoms with Crippen molar-refractivity contribution in [2.45, 2.75) is 44.6 Å². The summed E-state index contributed by atoms with van der Waals surface area (Å²) in [6.45, 7) is 3.06. The molecule has 1 aliphatic carbocycles. The summed E-state index contributed by atoms with van der Waals surface area (Å²) in [5, 5.41) is 0. The molecule has 0 aromatic carbocycles. The lowest BCUT2D eigenvalue weighted by Crippen LogP contribution is -2.43. The van der Waals surface area contributed by atoms with Gasteiger partial charge in [-0.25, -0.2) is 0 Å². The number of alkyl halides is 3. The molecule has 1 saturated carbocycles. The molecule has 2 rings (SSSR count). The molecular weight excluding hydrogens is 289 g/mol. The fourth-order valence-corrected chi connectivity index (χ4v) is 3.00. The maximum atomic E-state index is 11.9. The fraction of sp³-hybridized carbons (Fsp3) is 0.929. The molecule has 0 bridgehead atoms. The molecule has 122 valence electrons. The van der Waals surface area contributed by atoms with E-state index in [-0.39, 0.29) is 42.5 Å². The van der Waals surface area contributed by atoms with E-state index in [1.807, 2.05) is 13.8 Å². The first-order valence-electron chi connectivity index (χ1n) is 7.16. The van der Waals surface area contributed by atoms with Crippen LogP contribution in [0, 0.1) is 11.8 Å². The maximum absolute atomic E-state index is 11.9. The number of epoxide rings is 1. The molecule has 0 N–H and O–H groups in total. The van der Waals surface area contributed by atoms with Crippen molar-refractivity contribution in [3.63, 3.8) is 0 Å². The molecule has 21 heavy (non-hydrogen) atoms. The Labute approximate surface area is 121 Å². The highest BCUT2D eigenvalue weighted by molar-refractivity contribution is 5.82. The normalized spacial score (nSPS) is 34.2. The van der Waals surface area contributed by atoms with Crippen LogP contribution in [0.15, 0.2) is 0 Å². The van der Waals surface area contributed by atoms with Gasteiger partial charge in [0.05, 0.1) is 31.5 Å².